The lowest BCUT2D eigenvalue weighted by atomic mass is 10.1. The van der Waals surface area contributed by atoms with Crippen LogP contribution in [0.1, 0.15) is 0 Å². The first-order valence-electron chi connectivity index (χ1n) is 6.13. The van der Waals surface area contributed by atoms with Gasteiger partial charge < -0.3 is 9.15 Å². The van der Waals surface area contributed by atoms with Gasteiger partial charge in [-0.15, -0.1) is 11.8 Å². The first-order chi connectivity index (χ1) is 9.71. The van der Waals surface area contributed by atoms with Crippen molar-refractivity contribution in [3.05, 3.63) is 47.5 Å². The van der Waals surface area contributed by atoms with Crippen LogP contribution in [0.15, 0.2) is 51.8 Å². The van der Waals surface area contributed by atoms with E-state index in [1.54, 1.807) is 18.9 Å². The Morgan fingerprint density at radius 1 is 1.10 bits per heavy atom. The topological polar surface area (TPSA) is 22.4 Å². The van der Waals surface area contributed by atoms with Crippen molar-refractivity contribution in [2.45, 2.75) is 4.90 Å². The summed E-state index contributed by atoms with van der Waals surface area (Å²) >= 11 is 7.59. The highest BCUT2D eigenvalue weighted by atomic mass is 35.5. The molecule has 0 saturated heterocycles. The van der Waals surface area contributed by atoms with E-state index in [-0.39, 0.29) is 0 Å². The second-order valence-corrected chi connectivity index (χ2v) is 5.68. The molecule has 0 N–H and O–H groups in total. The zero-order valence-electron chi connectivity index (χ0n) is 11.1. The molecule has 0 fully saturated rings. The second kappa shape index (κ2) is 5.43. The molecule has 3 rings (SSSR count). The molecule has 4 heteroatoms. The van der Waals surface area contributed by atoms with Crippen LogP contribution >= 0.6 is 23.4 Å². The molecule has 2 nitrogen and oxygen atoms in total. The lowest BCUT2D eigenvalue weighted by Gasteiger charge is -2.03. The molecule has 0 atom stereocenters. The smallest absolute Gasteiger partial charge is 0.176 e. The average Bonchev–Trinajstić information content (AvgIpc) is 2.90. The summed E-state index contributed by atoms with van der Waals surface area (Å²) in [7, 11) is 1.66. The highest BCUT2D eigenvalue weighted by Gasteiger charge is 2.12. The number of hydrogen-bond acceptors (Lipinski definition) is 3. The molecular weight excluding hydrogens is 292 g/mol. The maximum absolute atomic E-state index is 5.94. The minimum absolute atomic E-state index is 0.715. The summed E-state index contributed by atoms with van der Waals surface area (Å²) in [6.45, 7) is 0. The van der Waals surface area contributed by atoms with E-state index in [0.29, 0.717) is 5.02 Å². The lowest BCUT2D eigenvalue weighted by molar-refractivity contribution is 0.410. The van der Waals surface area contributed by atoms with Gasteiger partial charge in [-0.1, -0.05) is 11.6 Å². The molecule has 2 aromatic carbocycles. The van der Waals surface area contributed by atoms with Gasteiger partial charge in [0.05, 0.1) is 7.11 Å². The predicted molar refractivity (Wildman–Crippen MR) is 85.0 cm³/mol. The highest BCUT2D eigenvalue weighted by Crippen LogP contribution is 2.36. The summed E-state index contributed by atoms with van der Waals surface area (Å²) in [6.07, 6.45) is 2.04. The van der Waals surface area contributed by atoms with Crippen LogP contribution in [0.3, 0.4) is 0 Å². The first-order valence-corrected chi connectivity index (χ1v) is 7.73. The van der Waals surface area contributed by atoms with E-state index in [4.69, 9.17) is 20.8 Å². The summed E-state index contributed by atoms with van der Waals surface area (Å²) < 4.78 is 11.3. The van der Waals surface area contributed by atoms with Gasteiger partial charge in [0.15, 0.2) is 11.3 Å². The molecule has 0 aliphatic heterocycles. The summed E-state index contributed by atoms with van der Waals surface area (Å²) in [5.74, 6) is 1.57. The second-order valence-electron chi connectivity index (χ2n) is 4.37. The Labute approximate surface area is 126 Å². The van der Waals surface area contributed by atoms with E-state index in [9.17, 15) is 0 Å². The van der Waals surface area contributed by atoms with Crippen molar-refractivity contribution >= 4 is 34.3 Å². The third-order valence-electron chi connectivity index (χ3n) is 3.14. The summed E-state index contributed by atoms with van der Waals surface area (Å²) in [5, 5.41) is 1.76. The van der Waals surface area contributed by atoms with E-state index >= 15 is 0 Å². The number of hydrogen-bond donors (Lipinski definition) is 0. The Bertz CT molecular complexity index is 747. The van der Waals surface area contributed by atoms with E-state index in [2.05, 4.69) is 6.07 Å². The van der Waals surface area contributed by atoms with Gasteiger partial charge in [-0.3, -0.25) is 0 Å². The van der Waals surface area contributed by atoms with E-state index in [1.165, 1.54) is 0 Å². The minimum atomic E-state index is 0.715. The highest BCUT2D eigenvalue weighted by molar-refractivity contribution is 7.98. The molecule has 1 heterocycles. The molecule has 0 spiro atoms. The minimum Gasteiger partial charge on any atom is -0.493 e. The molecule has 102 valence electrons. The van der Waals surface area contributed by atoms with Crippen molar-refractivity contribution in [3.8, 4) is 17.1 Å². The number of rotatable bonds is 3. The molecule has 0 aliphatic carbocycles. The maximum atomic E-state index is 5.94. The van der Waals surface area contributed by atoms with Crippen LogP contribution in [0.2, 0.25) is 5.02 Å². The normalized spacial score (nSPS) is 10.9. The van der Waals surface area contributed by atoms with Gasteiger partial charge in [-0.25, -0.2) is 0 Å². The van der Waals surface area contributed by atoms with Gasteiger partial charge in [-0.2, -0.15) is 0 Å². The third kappa shape index (κ3) is 2.39. The maximum Gasteiger partial charge on any atom is 0.176 e. The van der Waals surface area contributed by atoms with Crippen LogP contribution in [-0.4, -0.2) is 13.4 Å². The standard InChI is InChI=1S/C16H13ClO2S/c1-18-15-9-13(20-2)7-11-8-14(19-16(11)15)10-3-5-12(17)6-4-10/h3-9H,1-2H3. The molecule has 0 saturated carbocycles. The van der Waals surface area contributed by atoms with Gasteiger partial charge in [0.1, 0.15) is 5.76 Å². The zero-order valence-corrected chi connectivity index (χ0v) is 12.7. The monoisotopic (exact) mass is 304 g/mol. The van der Waals surface area contributed by atoms with Crippen LogP contribution in [0.5, 0.6) is 5.75 Å². The fourth-order valence-electron chi connectivity index (χ4n) is 2.12. The number of ether oxygens (including phenoxy) is 1. The quantitative estimate of drug-likeness (QED) is 0.598. The average molecular weight is 305 g/mol. The van der Waals surface area contributed by atoms with Crippen molar-refractivity contribution in [3.63, 3.8) is 0 Å². The molecule has 1 aromatic heterocycles. The number of furan rings is 1. The fraction of sp³-hybridized carbons (Fsp3) is 0.125. The molecule has 0 amide bonds. The van der Waals surface area contributed by atoms with Crippen molar-refractivity contribution in [1.29, 1.82) is 0 Å². The first kappa shape index (κ1) is 13.4. The third-order valence-corrected chi connectivity index (χ3v) is 4.10. The number of fused-ring (bicyclic) bond motifs is 1. The summed E-state index contributed by atoms with van der Waals surface area (Å²) in [5.41, 5.74) is 1.77. The van der Waals surface area contributed by atoms with E-state index < -0.39 is 0 Å². The van der Waals surface area contributed by atoms with Gasteiger partial charge in [-0.05, 0) is 48.7 Å². The molecular formula is C16H13ClO2S. The SMILES string of the molecule is COc1cc(SC)cc2cc(-c3ccc(Cl)cc3)oc12. The predicted octanol–water partition coefficient (Wildman–Crippen LogP) is 5.48. The number of halogens is 1. The van der Waals surface area contributed by atoms with Crippen LogP contribution in [0.25, 0.3) is 22.3 Å². The van der Waals surface area contributed by atoms with Crippen LogP contribution in [0.4, 0.5) is 0 Å². The lowest BCUT2D eigenvalue weighted by Crippen LogP contribution is -1.83. The van der Waals surface area contributed by atoms with Gasteiger partial charge >= 0.3 is 0 Å². The zero-order chi connectivity index (χ0) is 14.1. The Morgan fingerprint density at radius 2 is 1.85 bits per heavy atom. The van der Waals surface area contributed by atoms with Gasteiger partial charge in [0.25, 0.3) is 0 Å². The van der Waals surface area contributed by atoms with Crippen molar-refractivity contribution in [2.75, 3.05) is 13.4 Å². The van der Waals surface area contributed by atoms with Crippen LogP contribution < -0.4 is 4.74 Å². The van der Waals surface area contributed by atoms with Crippen LogP contribution in [0, 0.1) is 0 Å². The Hall–Kier alpha value is -1.58. The van der Waals surface area contributed by atoms with Crippen molar-refractivity contribution in [2.24, 2.45) is 0 Å². The van der Waals surface area contributed by atoms with Crippen molar-refractivity contribution in [1.82, 2.24) is 0 Å². The Balaban J connectivity index is 2.16. The van der Waals surface area contributed by atoms with Crippen molar-refractivity contribution < 1.29 is 9.15 Å². The molecule has 0 aliphatic rings. The van der Waals surface area contributed by atoms with Gasteiger partial charge in [0.2, 0.25) is 0 Å². The number of benzene rings is 2. The summed E-state index contributed by atoms with van der Waals surface area (Å²) in [4.78, 5) is 1.15. The van der Waals surface area contributed by atoms with E-state index in [0.717, 1.165) is 32.9 Å². The number of methoxy groups -OCH3 is 1. The molecule has 20 heavy (non-hydrogen) atoms. The van der Waals surface area contributed by atoms with Gasteiger partial charge in [0, 0.05) is 20.9 Å². The Morgan fingerprint density at radius 3 is 2.50 bits per heavy atom. The molecule has 0 bridgehead atoms. The van der Waals surface area contributed by atoms with Crippen LogP contribution in [-0.2, 0) is 0 Å². The molecule has 0 radical (unpaired) electrons. The largest absolute Gasteiger partial charge is 0.493 e. The number of thioether (sulfide) groups is 1. The molecule has 0 unspecified atom stereocenters. The summed E-state index contributed by atoms with van der Waals surface area (Å²) in [6, 6.07) is 13.7. The van der Waals surface area contributed by atoms with E-state index in [1.807, 2.05) is 42.7 Å². The fourth-order valence-corrected chi connectivity index (χ4v) is 2.72. The Kier molecular flexibility index (Phi) is 3.64. The molecule has 3 aromatic rings.